The van der Waals surface area contributed by atoms with Crippen LogP contribution in [0.3, 0.4) is 0 Å². The molecule has 1 N–H and O–H groups in total. The Morgan fingerprint density at radius 3 is 2.75 bits per heavy atom. The largest absolute Gasteiger partial charge is 0.376 e. The molecule has 1 atom stereocenters. The average molecular weight is 380 g/mol. The molecule has 2 aliphatic heterocycles. The van der Waals surface area contributed by atoms with E-state index in [0.717, 1.165) is 62.1 Å². The van der Waals surface area contributed by atoms with Crippen LogP contribution in [0.25, 0.3) is 11.0 Å². The van der Waals surface area contributed by atoms with Crippen LogP contribution in [0.2, 0.25) is 0 Å². The van der Waals surface area contributed by atoms with E-state index in [2.05, 4.69) is 28.5 Å². The van der Waals surface area contributed by atoms with E-state index in [1.807, 2.05) is 11.1 Å². The molecule has 1 saturated carbocycles. The van der Waals surface area contributed by atoms with Crippen molar-refractivity contribution in [2.45, 2.75) is 56.5 Å². The van der Waals surface area contributed by atoms with Gasteiger partial charge in [0.25, 0.3) is 0 Å². The number of nitrogens with zero attached hydrogens (tertiary/aromatic N) is 3. The number of urea groups is 1. The highest BCUT2D eigenvalue weighted by Gasteiger charge is 2.26. The van der Waals surface area contributed by atoms with Crippen molar-refractivity contribution in [3.05, 3.63) is 35.7 Å². The smallest absolute Gasteiger partial charge is 0.317 e. The van der Waals surface area contributed by atoms with Crippen molar-refractivity contribution in [2.24, 2.45) is 0 Å². The van der Waals surface area contributed by atoms with Gasteiger partial charge in [-0.3, -0.25) is 0 Å². The number of nitrogens with one attached hydrogen (secondary N) is 1. The van der Waals surface area contributed by atoms with Gasteiger partial charge in [0.2, 0.25) is 0 Å². The highest BCUT2D eigenvalue weighted by Crippen LogP contribution is 2.40. The van der Waals surface area contributed by atoms with Crippen LogP contribution in [0.1, 0.15) is 61.6 Å². The summed E-state index contributed by atoms with van der Waals surface area (Å²) in [5, 5.41) is 4.17. The van der Waals surface area contributed by atoms with Crippen LogP contribution in [0.4, 0.5) is 4.79 Å². The fourth-order valence-electron chi connectivity index (χ4n) is 4.41. The zero-order valence-corrected chi connectivity index (χ0v) is 16.3. The van der Waals surface area contributed by atoms with Gasteiger partial charge in [0.15, 0.2) is 5.65 Å². The summed E-state index contributed by atoms with van der Waals surface area (Å²) < 4.78 is 5.58. The molecule has 0 spiro atoms. The van der Waals surface area contributed by atoms with Gasteiger partial charge in [-0.15, -0.1) is 0 Å². The number of likely N-dealkylation sites (tertiary alicyclic amines) is 1. The number of fused-ring (bicyclic) bond motifs is 1. The predicted octanol–water partition coefficient (Wildman–Crippen LogP) is 3.58. The van der Waals surface area contributed by atoms with E-state index in [9.17, 15) is 4.79 Å². The van der Waals surface area contributed by atoms with E-state index in [-0.39, 0.29) is 12.1 Å². The van der Waals surface area contributed by atoms with Gasteiger partial charge in [-0.1, -0.05) is 0 Å². The van der Waals surface area contributed by atoms with Crippen molar-refractivity contribution in [3.8, 4) is 0 Å². The molecule has 3 fully saturated rings. The molecule has 0 aromatic carbocycles. The number of amides is 2. The van der Waals surface area contributed by atoms with Crippen molar-refractivity contribution in [1.29, 1.82) is 0 Å². The lowest BCUT2D eigenvalue weighted by atomic mass is 9.93. The van der Waals surface area contributed by atoms with Crippen molar-refractivity contribution in [1.82, 2.24) is 20.2 Å². The molecule has 0 bridgehead atoms. The Morgan fingerprint density at radius 1 is 1.14 bits per heavy atom. The summed E-state index contributed by atoms with van der Waals surface area (Å²) in [6, 6.07) is 6.60. The van der Waals surface area contributed by atoms with Crippen molar-refractivity contribution in [2.75, 3.05) is 26.2 Å². The molecule has 148 valence electrons. The third kappa shape index (κ3) is 3.83. The molecule has 2 aromatic rings. The normalized spacial score (nSPS) is 23.3. The SMILES string of the molecule is O=C(NCC1CCCO1)N1CCC(c2ccc3cc(C4CC4)cnc3n2)CC1. The van der Waals surface area contributed by atoms with E-state index in [1.165, 1.54) is 18.4 Å². The summed E-state index contributed by atoms with van der Waals surface area (Å²) in [7, 11) is 0. The number of carbonyl (C=O) groups excluding carboxylic acids is 1. The zero-order chi connectivity index (χ0) is 18.9. The standard InChI is InChI=1S/C22H28N4O2/c27-22(24-14-19-2-1-11-28-19)26-9-7-16(8-10-26)20-6-5-17-12-18(15-3-4-15)13-23-21(17)25-20/h5-6,12-13,15-16,19H,1-4,7-11,14H2,(H,24,27). The average Bonchev–Trinajstić information content (AvgIpc) is 3.47. The number of hydrogen-bond donors (Lipinski definition) is 1. The molecule has 28 heavy (non-hydrogen) atoms. The van der Waals surface area contributed by atoms with Gasteiger partial charge in [-0.25, -0.2) is 14.8 Å². The number of hydrogen-bond acceptors (Lipinski definition) is 4. The second-order valence-electron chi connectivity index (χ2n) is 8.41. The second-order valence-corrected chi connectivity index (χ2v) is 8.41. The third-order valence-corrected chi connectivity index (χ3v) is 6.34. The minimum atomic E-state index is 0.0368. The lowest BCUT2D eigenvalue weighted by Gasteiger charge is -2.32. The lowest BCUT2D eigenvalue weighted by Crippen LogP contribution is -2.46. The van der Waals surface area contributed by atoms with Crippen molar-refractivity contribution in [3.63, 3.8) is 0 Å². The van der Waals surface area contributed by atoms with Gasteiger partial charge in [-0.05, 0) is 68.2 Å². The first kappa shape index (κ1) is 17.9. The summed E-state index contributed by atoms with van der Waals surface area (Å²) in [5.41, 5.74) is 3.31. The first-order valence-electron chi connectivity index (χ1n) is 10.7. The maximum absolute atomic E-state index is 12.4. The molecular weight excluding hydrogens is 352 g/mol. The first-order chi connectivity index (χ1) is 13.8. The number of aromatic nitrogens is 2. The Kier molecular flexibility index (Phi) is 4.89. The van der Waals surface area contributed by atoms with Crippen LogP contribution >= 0.6 is 0 Å². The van der Waals surface area contributed by atoms with E-state index in [0.29, 0.717) is 18.4 Å². The number of pyridine rings is 2. The highest BCUT2D eigenvalue weighted by molar-refractivity contribution is 5.76. The molecule has 2 saturated heterocycles. The minimum absolute atomic E-state index is 0.0368. The summed E-state index contributed by atoms with van der Waals surface area (Å²) >= 11 is 0. The van der Waals surface area contributed by atoms with Crippen LogP contribution in [0.15, 0.2) is 24.4 Å². The summed E-state index contributed by atoms with van der Waals surface area (Å²) in [4.78, 5) is 23.8. The number of rotatable bonds is 4. The van der Waals surface area contributed by atoms with Gasteiger partial charge in [0, 0.05) is 49.4 Å². The van der Waals surface area contributed by atoms with Gasteiger partial charge < -0.3 is 15.0 Å². The van der Waals surface area contributed by atoms with Gasteiger partial charge in [0.1, 0.15) is 0 Å². The molecule has 6 nitrogen and oxygen atoms in total. The van der Waals surface area contributed by atoms with Crippen LogP contribution < -0.4 is 5.32 Å². The number of carbonyl (C=O) groups is 1. The zero-order valence-electron chi connectivity index (χ0n) is 16.3. The maximum Gasteiger partial charge on any atom is 0.317 e. The predicted molar refractivity (Wildman–Crippen MR) is 107 cm³/mol. The fraction of sp³-hybridized carbons (Fsp3) is 0.591. The molecular formula is C22H28N4O2. The number of piperidine rings is 1. The monoisotopic (exact) mass is 380 g/mol. The van der Waals surface area contributed by atoms with Gasteiger partial charge in [0.05, 0.1) is 6.10 Å². The van der Waals surface area contributed by atoms with Crippen LogP contribution in [0.5, 0.6) is 0 Å². The Balaban J connectivity index is 1.18. The van der Waals surface area contributed by atoms with E-state index < -0.39 is 0 Å². The third-order valence-electron chi connectivity index (χ3n) is 6.34. The first-order valence-corrected chi connectivity index (χ1v) is 10.7. The van der Waals surface area contributed by atoms with Gasteiger partial charge >= 0.3 is 6.03 Å². The number of ether oxygens (including phenoxy) is 1. The fourth-order valence-corrected chi connectivity index (χ4v) is 4.41. The van der Waals surface area contributed by atoms with E-state index >= 15 is 0 Å². The molecule has 3 aliphatic rings. The van der Waals surface area contributed by atoms with Crippen molar-refractivity contribution < 1.29 is 9.53 Å². The molecule has 1 aliphatic carbocycles. The van der Waals surface area contributed by atoms with E-state index in [1.54, 1.807) is 0 Å². The Morgan fingerprint density at radius 2 is 2.00 bits per heavy atom. The Labute approximate surface area is 165 Å². The summed E-state index contributed by atoms with van der Waals surface area (Å²) in [5.74, 6) is 1.11. The topological polar surface area (TPSA) is 67.3 Å². The maximum atomic E-state index is 12.4. The Hall–Kier alpha value is -2.21. The summed E-state index contributed by atoms with van der Waals surface area (Å²) in [6.45, 7) is 2.99. The van der Waals surface area contributed by atoms with Crippen LogP contribution in [0, 0.1) is 0 Å². The quantitative estimate of drug-likeness (QED) is 0.880. The van der Waals surface area contributed by atoms with Crippen LogP contribution in [-0.4, -0.2) is 53.2 Å². The molecule has 2 aromatic heterocycles. The molecule has 6 heteroatoms. The van der Waals surface area contributed by atoms with Crippen molar-refractivity contribution >= 4 is 17.1 Å². The van der Waals surface area contributed by atoms with E-state index in [4.69, 9.17) is 9.72 Å². The second kappa shape index (κ2) is 7.66. The molecule has 4 heterocycles. The summed E-state index contributed by atoms with van der Waals surface area (Å²) in [6.07, 6.45) is 8.82. The molecule has 0 radical (unpaired) electrons. The molecule has 1 unspecified atom stereocenters. The molecule has 2 amide bonds. The minimum Gasteiger partial charge on any atom is -0.376 e. The lowest BCUT2D eigenvalue weighted by molar-refractivity contribution is 0.108. The van der Waals surface area contributed by atoms with Gasteiger partial charge in [-0.2, -0.15) is 0 Å². The van der Waals surface area contributed by atoms with Crippen LogP contribution in [-0.2, 0) is 4.74 Å². The Bertz CT molecular complexity index is 853. The molecule has 5 rings (SSSR count). The highest BCUT2D eigenvalue weighted by atomic mass is 16.5.